The molecule has 17 heavy (non-hydrogen) atoms. The molecule has 1 amide bonds. The molecule has 3 heteroatoms. The van der Waals surface area contributed by atoms with Crippen LogP contribution in [-0.4, -0.2) is 11.9 Å². The molecule has 1 fully saturated rings. The Morgan fingerprint density at radius 1 is 1.24 bits per heavy atom. The Morgan fingerprint density at radius 2 is 1.76 bits per heavy atom. The molecule has 0 aliphatic heterocycles. The van der Waals surface area contributed by atoms with Gasteiger partial charge in [0.1, 0.15) is 5.92 Å². The van der Waals surface area contributed by atoms with E-state index >= 15 is 0 Å². The Kier molecular flexibility index (Phi) is 4.99. The van der Waals surface area contributed by atoms with Gasteiger partial charge in [-0.05, 0) is 37.0 Å². The van der Waals surface area contributed by atoms with E-state index < -0.39 is 5.92 Å². The Labute approximate surface area is 105 Å². The number of carbonyl (C=O) groups excluding carboxylic acids is 1. The molecule has 0 radical (unpaired) electrons. The maximum Gasteiger partial charge on any atom is 0.237 e. The van der Waals surface area contributed by atoms with Crippen molar-refractivity contribution in [2.24, 2.45) is 23.7 Å². The molecule has 3 atom stereocenters. The zero-order valence-electron chi connectivity index (χ0n) is 11.4. The lowest BCUT2D eigenvalue weighted by atomic mass is 9.80. The first-order valence-electron chi connectivity index (χ1n) is 6.64. The molecular weight excluding hydrogens is 212 g/mol. The smallest absolute Gasteiger partial charge is 0.237 e. The van der Waals surface area contributed by atoms with Gasteiger partial charge >= 0.3 is 0 Å². The Morgan fingerprint density at radius 3 is 2.18 bits per heavy atom. The van der Waals surface area contributed by atoms with Gasteiger partial charge in [0.2, 0.25) is 5.91 Å². The molecular formula is C14H24N2O. The second-order valence-electron chi connectivity index (χ2n) is 5.97. The first-order valence-corrected chi connectivity index (χ1v) is 6.64. The van der Waals surface area contributed by atoms with Gasteiger partial charge in [0.05, 0.1) is 6.07 Å². The molecule has 1 aliphatic rings. The van der Waals surface area contributed by atoms with E-state index in [0.29, 0.717) is 11.8 Å². The minimum Gasteiger partial charge on any atom is -0.352 e. The van der Waals surface area contributed by atoms with Crippen LogP contribution in [0.2, 0.25) is 0 Å². The van der Waals surface area contributed by atoms with Crippen LogP contribution in [0.5, 0.6) is 0 Å². The second kappa shape index (κ2) is 6.05. The summed E-state index contributed by atoms with van der Waals surface area (Å²) in [5.41, 5.74) is 0. The number of rotatable bonds is 3. The second-order valence-corrected chi connectivity index (χ2v) is 5.97. The van der Waals surface area contributed by atoms with E-state index in [1.54, 1.807) is 0 Å². The molecule has 1 aliphatic carbocycles. The standard InChI is InChI=1S/C14H24N2O/c1-9(2)13(8-15)14(17)16-12-6-10(3)5-11(4)7-12/h9-13H,5-7H2,1-4H3,(H,16,17). The van der Waals surface area contributed by atoms with Gasteiger partial charge < -0.3 is 5.32 Å². The van der Waals surface area contributed by atoms with E-state index in [-0.39, 0.29) is 17.9 Å². The van der Waals surface area contributed by atoms with E-state index in [9.17, 15) is 4.79 Å². The quantitative estimate of drug-likeness (QED) is 0.819. The zero-order chi connectivity index (χ0) is 13.0. The molecule has 0 bridgehead atoms. The fourth-order valence-corrected chi connectivity index (χ4v) is 2.87. The third-order valence-electron chi connectivity index (χ3n) is 3.61. The number of carbonyl (C=O) groups is 1. The predicted octanol–water partition coefficient (Wildman–Crippen LogP) is 2.72. The van der Waals surface area contributed by atoms with Crippen molar-refractivity contribution in [1.29, 1.82) is 5.26 Å². The van der Waals surface area contributed by atoms with Gasteiger partial charge in [0.15, 0.2) is 0 Å². The van der Waals surface area contributed by atoms with Crippen molar-refractivity contribution in [2.75, 3.05) is 0 Å². The molecule has 3 nitrogen and oxygen atoms in total. The Hall–Kier alpha value is -1.04. The largest absolute Gasteiger partial charge is 0.352 e. The highest BCUT2D eigenvalue weighted by Crippen LogP contribution is 2.28. The van der Waals surface area contributed by atoms with Crippen molar-refractivity contribution in [3.05, 3.63) is 0 Å². The number of amides is 1. The third kappa shape index (κ3) is 4.03. The molecule has 3 unspecified atom stereocenters. The van der Waals surface area contributed by atoms with Gasteiger partial charge in [0, 0.05) is 6.04 Å². The van der Waals surface area contributed by atoms with Crippen LogP contribution in [0.15, 0.2) is 0 Å². The molecule has 0 aromatic rings. The highest BCUT2D eigenvalue weighted by molar-refractivity contribution is 5.81. The summed E-state index contributed by atoms with van der Waals surface area (Å²) in [7, 11) is 0. The van der Waals surface area contributed by atoms with Crippen molar-refractivity contribution in [2.45, 2.75) is 53.0 Å². The van der Waals surface area contributed by atoms with E-state index in [2.05, 4.69) is 25.2 Å². The van der Waals surface area contributed by atoms with Crippen molar-refractivity contribution in [1.82, 2.24) is 5.32 Å². The minimum absolute atomic E-state index is 0.0819. The average molecular weight is 236 g/mol. The van der Waals surface area contributed by atoms with Crippen molar-refractivity contribution in [3.63, 3.8) is 0 Å². The van der Waals surface area contributed by atoms with E-state index in [0.717, 1.165) is 12.8 Å². The monoisotopic (exact) mass is 236 g/mol. The normalized spacial score (nSPS) is 30.7. The maximum absolute atomic E-state index is 12.0. The third-order valence-corrected chi connectivity index (χ3v) is 3.61. The Bertz CT molecular complexity index is 296. The lowest BCUT2D eigenvalue weighted by molar-refractivity contribution is -0.125. The molecule has 1 N–H and O–H groups in total. The molecule has 0 aromatic carbocycles. The van der Waals surface area contributed by atoms with Crippen molar-refractivity contribution >= 4 is 5.91 Å². The SMILES string of the molecule is CC1CC(C)CC(NC(=O)C(C#N)C(C)C)C1. The topological polar surface area (TPSA) is 52.9 Å². The highest BCUT2D eigenvalue weighted by atomic mass is 16.1. The van der Waals surface area contributed by atoms with Crippen molar-refractivity contribution in [3.8, 4) is 6.07 Å². The molecule has 0 spiro atoms. The Balaban J connectivity index is 2.53. The summed E-state index contributed by atoms with van der Waals surface area (Å²) < 4.78 is 0. The van der Waals surface area contributed by atoms with Gasteiger partial charge in [-0.2, -0.15) is 5.26 Å². The van der Waals surface area contributed by atoms with E-state index in [1.807, 2.05) is 13.8 Å². The van der Waals surface area contributed by atoms with Crippen LogP contribution in [0.25, 0.3) is 0 Å². The minimum atomic E-state index is -0.512. The fourth-order valence-electron chi connectivity index (χ4n) is 2.87. The van der Waals surface area contributed by atoms with Crippen LogP contribution in [0.1, 0.15) is 47.0 Å². The molecule has 0 aromatic heterocycles. The van der Waals surface area contributed by atoms with Crippen LogP contribution in [-0.2, 0) is 4.79 Å². The van der Waals surface area contributed by atoms with Crippen LogP contribution >= 0.6 is 0 Å². The molecule has 0 heterocycles. The van der Waals surface area contributed by atoms with Gasteiger partial charge in [-0.3, -0.25) is 4.79 Å². The predicted molar refractivity (Wildman–Crippen MR) is 68.1 cm³/mol. The lowest BCUT2D eigenvalue weighted by Crippen LogP contribution is -2.43. The van der Waals surface area contributed by atoms with E-state index in [1.165, 1.54) is 6.42 Å². The van der Waals surface area contributed by atoms with Gasteiger partial charge in [-0.25, -0.2) is 0 Å². The summed E-state index contributed by atoms with van der Waals surface area (Å²) in [6.07, 6.45) is 3.34. The van der Waals surface area contributed by atoms with Crippen LogP contribution in [0, 0.1) is 35.0 Å². The van der Waals surface area contributed by atoms with Crippen LogP contribution in [0.4, 0.5) is 0 Å². The first kappa shape index (κ1) is 14.0. The van der Waals surface area contributed by atoms with Crippen molar-refractivity contribution < 1.29 is 4.79 Å². The summed E-state index contributed by atoms with van der Waals surface area (Å²) in [6.45, 7) is 8.30. The lowest BCUT2D eigenvalue weighted by Gasteiger charge is -2.32. The summed E-state index contributed by atoms with van der Waals surface area (Å²) >= 11 is 0. The van der Waals surface area contributed by atoms with Gasteiger partial charge in [-0.15, -0.1) is 0 Å². The summed E-state index contributed by atoms with van der Waals surface area (Å²) in [6, 6.07) is 2.36. The summed E-state index contributed by atoms with van der Waals surface area (Å²) in [4.78, 5) is 12.0. The highest BCUT2D eigenvalue weighted by Gasteiger charge is 2.28. The molecule has 96 valence electrons. The first-order chi connectivity index (χ1) is 7.93. The molecule has 1 rings (SSSR count). The number of nitrogens with one attached hydrogen (secondary N) is 1. The average Bonchev–Trinajstić information content (AvgIpc) is 2.15. The number of nitrogens with zero attached hydrogens (tertiary/aromatic N) is 1. The number of hydrogen-bond donors (Lipinski definition) is 1. The van der Waals surface area contributed by atoms with Crippen LogP contribution < -0.4 is 5.32 Å². The van der Waals surface area contributed by atoms with Crippen LogP contribution in [0.3, 0.4) is 0 Å². The maximum atomic E-state index is 12.0. The molecule has 1 saturated carbocycles. The summed E-state index contributed by atoms with van der Waals surface area (Å²) in [5.74, 6) is 0.821. The van der Waals surface area contributed by atoms with Gasteiger partial charge in [-0.1, -0.05) is 27.7 Å². The van der Waals surface area contributed by atoms with E-state index in [4.69, 9.17) is 5.26 Å². The van der Waals surface area contributed by atoms with Gasteiger partial charge in [0.25, 0.3) is 0 Å². The number of nitriles is 1. The number of hydrogen-bond acceptors (Lipinski definition) is 2. The fraction of sp³-hybridized carbons (Fsp3) is 0.857. The summed E-state index contributed by atoms with van der Waals surface area (Å²) in [5, 5.41) is 12.0. The molecule has 0 saturated heterocycles. The zero-order valence-corrected chi connectivity index (χ0v) is 11.4.